The molecule has 1 unspecified atom stereocenters. The van der Waals surface area contributed by atoms with Gasteiger partial charge in [0.15, 0.2) is 5.54 Å². The number of aromatic amines is 1. The number of benzene rings is 1. The summed E-state index contributed by atoms with van der Waals surface area (Å²) in [5.74, 6) is -2.09. The number of aromatic nitrogens is 2. The minimum absolute atomic E-state index is 0.253. The van der Waals surface area contributed by atoms with Crippen LogP contribution in [0.2, 0.25) is 0 Å². The summed E-state index contributed by atoms with van der Waals surface area (Å²) in [6.45, 7) is 0.396. The molecule has 1 aromatic carbocycles. The first-order chi connectivity index (χ1) is 11.3. The number of hydrogen-bond acceptors (Lipinski definition) is 5. The Bertz CT molecular complexity index is 900. The fourth-order valence-corrected chi connectivity index (χ4v) is 2.27. The number of carboxylic acids is 1. The Morgan fingerprint density at radius 2 is 2.00 bits per heavy atom. The van der Waals surface area contributed by atoms with Crippen LogP contribution in [-0.4, -0.2) is 45.8 Å². The average molecular weight is 335 g/mol. The van der Waals surface area contributed by atoms with Crippen molar-refractivity contribution in [2.75, 3.05) is 13.7 Å². The van der Waals surface area contributed by atoms with Gasteiger partial charge in [-0.3, -0.25) is 14.2 Å². The van der Waals surface area contributed by atoms with Crippen LogP contribution in [0.15, 0.2) is 33.9 Å². The molecule has 1 heterocycles. The van der Waals surface area contributed by atoms with Crippen molar-refractivity contribution in [1.29, 1.82) is 0 Å². The molecule has 0 radical (unpaired) electrons. The lowest BCUT2D eigenvalue weighted by Crippen LogP contribution is -2.56. The minimum Gasteiger partial charge on any atom is -0.479 e. The highest BCUT2D eigenvalue weighted by Gasteiger charge is 2.35. The van der Waals surface area contributed by atoms with Gasteiger partial charge in [-0.05, 0) is 19.1 Å². The highest BCUT2D eigenvalue weighted by atomic mass is 16.5. The average Bonchev–Trinajstić information content (AvgIpc) is 2.51. The normalized spacial score (nSPS) is 13.4. The number of amides is 1. The summed E-state index contributed by atoms with van der Waals surface area (Å²) < 4.78 is 5.51. The summed E-state index contributed by atoms with van der Waals surface area (Å²) in [5.41, 5.74) is -2.69. The molecule has 1 aromatic heterocycles. The third-order valence-electron chi connectivity index (χ3n) is 3.51. The van der Waals surface area contributed by atoms with Gasteiger partial charge in [-0.1, -0.05) is 12.1 Å². The van der Waals surface area contributed by atoms with Crippen molar-refractivity contribution in [3.63, 3.8) is 0 Å². The van der Waals surface area contributed by atoms with Gasteiger partial charge in [-0.2, -0.15) is 0 Å². The van der Waals surface area contributed by atoms with Crippen LogP contribution in [-0.2, 0) is 20.9 Å². The second kappa shape index (κ2) is 6.67. The van der Waals surface area contributed by atoms with Gasteiger partial charge in [0.25, 0.3) is 5.56 Å². The van der Waals surface area contributed by atoms with E-state index >= 15 is 0 Å². The highest BCUT2D eigenvalue weighted by Crippen LogP contribution is 2.05. The molecule has 2 rings (SSSR count). The van der Waals surface area contributed by atoms with Gasteiger partial charge in [0.05, 0.1) is 17.5 Å². The van der Waals surface area contributed by atoms with Crippen LogP contribution in [0.5, 0.6) is 0 Å². The first kappa shape index (κ1) is 17.4. The zero-order chi connectivity index (χ0) is 17.9. The van der Waals surface area contributed by atoms with Crippen molar-refractivity contribution < 1.29 is 19.4 Å². The molecule has 9 nitrogen and oxygen atoms in total. The predicted molar refractivity (Wildman–Crippen MR) is 84.9 cm³/mol. The maximum Gasteiger partial charge on any atom is 0.331 e. The van der Waals surface area contributed by atoms with Crippen molar-refractivity contribution in [3.05, 3.63) is 45.1 Å². The number of carbonyl (C=O) groups is 2. The van der Waals surface area contributed by atoms with Crippen molar-refractivity contribution in [3.8, 4) is 0 Å². The van der Waals surface area contributed by atoms with Crippen LogP contribution < -0.4 is 16.6 Å². The molecular formula is C15H17N3O6. The van der Waals surface area contributed by atoms with Gasteiger partial charge >= 0.3 is 11.7 Å². The molecule has 1 amide bonds. The fraction of sp³-hybridized carbons (Fsp3) is 0.333. The quantitative estimate of drug-likeness (QED) is 0.639. The summed E-state index contributed by atoms with van der Waals surface area (Å²) >= 11 is 0. The molecule has 0 aliphatic heterocycles. The van der Waals surface area contributed by atoms with Crippen molar-refractivity contribution in [2.45, 2.75) is 19.0 Å². The number of rotatable bonds is 6. The summed E-state index contributed by atoms with van der Waals surface area (Å²) in [5, 5.41) is 11.7. The van der Waals surface area contributed by atoms with E-state index < -0.39 is 35.2 Å². The SMILES string of the molecule is COCC(C)(NC(=O)Cn1c(=O)[nH]c2ccccc2c1=O)C(=O)O. The number of fused-ring (bicyclic) bond motifs is 1. The van der Waals surface area contributed by atoms with E-state index in [-0.39, 0.29) is 12.0 Å². The Kier molecular flexibility index (Phi) is 4.84. The number of carbonyl (C=O) groups excluding carboxylic acids is 1. The smallest absolute Gasteiger partial charge is 0.331 e. The summed E-state index contributed by atoms with van der Waals surface area (Å²) in [6, 6.07) is 6.39. The number of ether oxygens (including phenoxy) is 1. The Labute approximate surface area is 135 Å². The van der Waals surface area contributed by atoms with Gasteiger partial charge in [-0.25, -0.2) is 9.59 Å². The number of nitrogens with zero attached hydrogens (tertiary/aromatic N) is 1. The lowest BCUT2D eigenvalue weighted by atomic mass is 10.0. The second-order valence-corrected chi connectivity index (χ2v) is 5.49. The number of para-hydroxylation sites is 1. The molecule has 0 fully saturated rings. The first-order valence-corrected chi connectivity index (χ1v) is 7.03. The maximum absolute atomic E-state index is 12.3. The number of H-pyrrole nitrogens is 1. The molecule has 0 saturated carbocycles. The molecule has 0 bridgehead atoms. The fourth-order valence-electron chi connectivity index (χ4n) is 2.27. The number of hydrogen-bond donors (Lipinski definition) is 3. The molecule has 0 spiro atoms. The lowest BCUT2D eigenvalue weighted by Gasteiger charge is -2.25. The van der Waals surface area contributed by atoms with Crippen molar-refractivity contribution in [2.24, 2.45) is 0 Å². The molecule has 3 N–H and O–H groups in total. The Hall–Kier alpha value is -2.94. The van der Waals surface area contributed by atoms with E-state index in [4.69, 9.17) is 4.74 Å². The monoisotopic (exact) mass is 335 g/mol. The maximum atomic E-state index is 12.3. The van der Waals surface area contributed by atoms with Crippen LogP contribution >= 0.6 is 0 Å². The molecule has 0 saturated heterocycles. The van der Waals surface area contributed by atoms with E-state index in [0.29, 0.717) is 10.1 Å². The van der Waals surface area contributed by atoms with Gasteiger partial charge in [0.2, 0.25) is 5.91 Å². The highest BCUT2D eigenvalue weighted by molar-refractivity contribution is 5.87. The predicted octanol–water partition coefficient (Wildman–Crippen LogP) is -0.704. The van der Waals surface area contributed by atoms with Gasteiger partial charge in [0.1, 0.15) is 6.54 Å². The third kappa shape index (κ3) is 3.35. The van der Waals surface area contributed by atoms with E-state index in [1.54, 1.807) is 18.2 Å². The van der Waals surface area contributed by atoms with E-state index in [9.17, 15) is 24.3 Å². The van der Waals surface area contributed by atoms with Crippen LogP contribution in [0, 0.1) is 0 Å². The number of methoxy groups -OCH3 is 1. The van der Waals surface area contributed by atoms with E-state index in [2.05, 4.69) is 10.3 Å². The molecule has 9 heteroatoms. The second-order valence-electron chi connectivity index (χ2n) is 5.49. The van der Waals surface area contributed by atoms with Crippen LogP contribution in [0.4, 0.5) is 0 Å². The van der Waals surface area contributed by atoms with Gasteiger partial charge in [-0.15, -0.1) is 0 Å². The number of carboxylic acid groups (broad SMARTS) is 1. The Morgan fingerprint density at radius 1 is 1.33 bits per heavy atom. The summed E-state index contributed by atoms with van der Waals surface area (Å²) in [4.78, 5) is 50.2. The molecule has 0 aliphatic rings. The molecule has 0 aliphatic carbocycles. The zero-order valence-electron chi connectivity index (χ0n) is 13.2. The largest absolute Gasteiger partial charge is 0.479 e. The number of nitrogens with one attached hydrogen (secondary N) is 2. The van der Waals surface area contributed by atoms with Crippen molar-refractivity contribution >= 4 is 22.8 Å². The Balaban J connectivity index is 2.33. The van der Waals surface area contributed by atoms with Crippen LogP contribution in [0.1, 0.15) is 6.92 Å². The minimum atomic E-state index is -1.67. The lowest BCUT2D eigenvalue weighted by molar-refractivity contribution is -0.149. The van der Waals surface area contributed by atoms with E-state index in [1.165, 1.54) is 20.1 Å². The van der Waals surface area contributed by atoms with Crippen molar-refractivity contribution in [1.82, 2.24) is 14.9 Å². The molecular weight excluding hydrogens is 318 g/mol. The summed E-state index contributed by atoms with van der Waals surface area (Å²) in [6.07, 6.45) is 0. The molecule has 24 heavy (non-hydrogen) atoms. The zero-order valence-corrected chi connectivity index (χ0v) is 13.2. The summed E-state index contributed by atoms with van der Waals surface area (Å²) in [7, 11) is 1.30. The van der Waals surface area contributed by atoms with Crippen LogP contribution in [0.25, 0.3) is 10.9 Å². The van der Waals surface area contributed by atoms with Crippen LogP contribution in [0.3, 0.4) is 0 Å². The molecule has 1 atom stereocenters. The third-order valence-corrected chi connectivity index (χ3v) is 3.51. The first-order valence-electron chi connectivity index (χ1n) is 7.03. The Morgan fingerprint density at radius 3 is 2.62 bits per heavy atom. The molecule has 2 aromatic rings. The van der Waals surface area contributed by atoms with Gasteiger partial charge in [0, 0.05) is 7.11 Å². The van der Waals surface area contributed by atoms with E-state index in [0.717, 1.165) is 0 Å². The molecule has 128 valence electrons. The topological polar surface area (TPSA) is 130 Å². The van der Waals surface area contributed by atoms with E-state index in [1.807, 2.05) is 0 Å². The standard InChI is InChI=1S/C15H17N3O6/c1-15(8-24-2,13(21)22)17-11(19)7-18-12(20)9-5-3-4-6-10(9)16-14(18)23/h3-6H,7-8H2,1-2H3,(H,16,23)(H,17,19)(H,21,22). The number of aliphatic carboxylic acids is 1. The van der Waals surface area contributed by atoms with Gasteiger partial charge < -0.3 is 20.1 Å².